The van der Waals surface area contributed by atoms with Crippen LogP contribution < -0.4 is 5.32 Å². The van der Waals surface area contributed by atoms with E-state index in [0.29, 0.717) is 29.9 Å². The molecule has 78 valence electrons. The number of rotatable bonds is 4. The van der Waals surface area contributed by atoms with Crippen LogP contribution in [0.1, 0.15) is 26.0 Å². The van der Waals surface area contributed by atoms with Crippen molar-refractivity contribution in [3.8, 4) is 0 Å². The van der Waals surface area contributed by atoms with Gasteiger partial charge in [-0.1, -0.05) is 13.8 Å². The van der Waals surface area contributed by atoms with Crippen molar-refractivity contribution in [2.24, 2.45) is 5.92 Å². The molecule has 4 heteroatoms. The third-order valence-corrected chi connectivity index (χ3v) is 1.89. The first-order chi connectivity index (χ1) is 6.58. The fourth-order valence-corrected chi connectivity index (χ4v) is 1.24. The quantitative estimate of drug-likeness (QED) is 0.839. The molecule has 0 fully saturated rings. The van der Waals surface area contributed by atoms with Gasteiger partial charge in [0.15, 0.2) is 5.22 Å². The smallest absolute Gasteiger partial charge is 0.220 e. The van der Waals surface area contributed by atoms with E-state index in [0.717, 1.165) is 0 Å². The Morgan fingerprint density at radius 2 is 2.29 bits per heavy atom. The Bertz CT molecular complexity index is 307. The summed E-state index contributed by atoms with van der Waals surface area (Å²) in [6, 6.07) is 3.41. The number of hydrogen-bond donors (Lipinski definition) is 1. The zero-order valence-corrected chi connectivity index (χ0v) is 9.10. The van der Waals surface area contributed by atoms with Gasteiger partial charge in [0.05, 0.1) is 6.54 Å². The monoisotopic (exact) mass is 215 g/mol. The minimum absolute atomic E-state index is 0.0347. The molecule has 0 spiro atoms. The van der Waals surface area contributed by atoms with Gasteiger partial charge in [0.1, 0.15) is 5.76 Å². The number of amides is 1. The van der Waals surface area contributed by atoms with Crippen molar-refractivity contribution in [1.82, 2.24) is 5.32 Å². The zero-order chi connectivity index (χ0) is 10.6. The van der Waals surface area contributed by atoms with Gasteiger partial charge in [0.2, 0.25) is 5.91 Å². The van der Waals surface area contributed by atoms with Crippen molar-refractivity contribution in [1.29, 1.82) is 0 Å². The lowest BCUT2D eigenvalue weighted by Crippen LogP contribution is -2.23. The SMILES string of the molecule is CC(C)CC(=O)NCc1ccc(Cl)o1. The summed E-state index contributed by atoms with van der Waals surface area (Å²) >= 11 is 5.58. The molecule has 0 saturated carbocycles. The molecule has 0 unspecified atom stereocenters. The van der Waals surface area contributed by atoms with E-state index in [2.05, 4.69) is 5.32 Å². The number of halogens is 1. The summed E-state index contributed by atoms with van der Waals surface area (Å²) in [5, 5.41) is 3.10. The molecule has 0 aliphatic heterocycles. The van der Waals surface area contributed by atoms with E-state index in [4.69, 9.17) is 16.0 Å². The summed E-state index contributed by atoms with van der Waals surface area (Å²) < 4.78 is 5.09. The van der Waals surface area contributed by atoms with Gasteiger partial charge < -0.3 is 9.73 Å². The molecule has 3 nitrogen and oxygen atoms in total. The number of carbonyl (C=O) groups is 1. The van der Waals surface area contributed by atoms with Crippen LogP contribution in [0, 0.1) is 5.92 Å². The van der Waals surface area contributed by atoms with E-state index in [1.54, 1.807) is 12.1 Å². The number of nitrogens with one attached hydrogen (secondary N) is 1. The van der Waals surface area contributed by atoms with Crippen LogP contribution in [-0.4, -0.2) is 5.91 Å². The maximum Gasteiger partial charge on any atom is 0.220 e. The standard InChI is InChI=1S/C10H14ClNO2/c1-7(2)5-10(13)12-6-8-3-4-9(11)14-8/h3-4,7H,5-6H2,1-2H3,(H,12,13). The van der Waals surface area contributed by atoms with Crippen molar-refractivity contribution >= 4 is 17.5 Å². The Morgan fingerprint density at radius 1 is 1.57 bits per heavy atom. The minimum Gasteiger partial charge on any atom is -0.448 e. The Hall–Kier alpha value is -0.960. The van der Waals surface area contributed by atoms with Crippen LogP contribution in [0.4, 0.5) is 0 Å². The van der Waals surface area contributed by atoms with Crippen molar-refractivity contribution in [3.63, 3.8) is 0 Å². The van der Waals surface area contributed by atoms with Crippen molar-refractivity contribution in [2.75, 3.05) is 0 Å². The molecule has 0 aromatic carbocycles. The van der Waals surface area contributed by atoms with Crippen LogP contribution in [0.5, 0.6) is 0 Å². The van der Waals surface area contributed by atoms with Crippen LogP contribution >= 0.6 is 11.6 Å². The Labute approximate surface area is 88.4 Å². The maximum atomic E-state index is 11.2. The number of hydrogen-bond acceptors (Lipinski definition) is 2. The first-order valence-electron chi connectivity index (χ1n) is 4.59. The highest BCUT2D eigenvalue weighted by Crippen LogP contribution is 2.12. The summed E-state index contributed by atoms with van der Waals surface area (Å²) in [7, 11) is 0. The summed E-state index contributed by atoms with van der Waals surface area (Å²) in [6.45, 7) is 4.41. The molecule has 0 aliphatic rings. The summed E-state index contributed by atoms with van der Waals surface area (Å²) in [5.74, 6) is 1.08. The van der Waals surface area contributed by atoms with E-state index in [-0.39, 0.29) is 5.91 Å². The fraction of sp³-hybridized carbons (Fsp3) is 0.500. The molecular weight excluding hydrogens is 202 g/mol. The van der Waals surface area contributed by atoms with Gasteiger partial charge >= 0.3 is 0 Å². The Balaban J connectivity index is 2.30. The van der Waals surface area contributed by atoms with Crippen molar-refractivity contribution < 1.29 is 9.21 Å². The number of carbonyl (C=O) groups excluding carboxylic acids is 1. The van der Waals surface area contributed by atoms with Gasteiger partial charge in [-0.3, -0.25) is 4.79 Å². The lowest BCUT2D eigenvalue weighted by atomic mass is 10.1. The molecule has 1 aromatic rings. The normalized spacial score (nSPS) is 10.6. The Kier molecular flexibility index (Phi) is 4.01. The molecule has 0 radical (unpaired) electrons. The van der Waals surface area contributed by atoms with E-state index in [9.17, 15) is 4.79 Å². The van der Waals surface area contributed by atoms with Gasteiger partial charge in [-0.25, -0.2) is 0 Å². The lowest BCUT2D eigenvalue weighted by molar-refractivity contribution is -0.122. The van der Waals surface area contributed by atoms with Crippen molar-refractivity contribution in [3.05, 3.63) is 23.1 Å². The minimum atomic E-state index is 0.0347. The average Bonchev–Trinajstić information content (AvgIpc) is 2.47. The summed E-state index contributed by atoms with van der Waals surface area (Å²) in [4.78, 5) is 11.2. The van der Waals surface area contributed by atoms with Gasteiger partial charge in [0.25, 0.3) is 0 Å². The van der Waals surface area contributed by atoms with Crippen LogP contribution in [0.25, 0.3) is 0 Å². The molecule has 0 saturated heterocycles. The second-order valence-corrected chi connectivity index (χ2v) is 3.95. The van der Waals surface area contributed by atoms with Gasteiger partial charge in [-0.2, -0.15) is 0 Å². The molecule has 0 aliphatic carbocycles. The van der Waals surface area contributed by atoms with Crippen LogP contribution in [0.3, 0.4) is 0 Å². The highest BCUT2D eigenvalue weighted by molar-refractivity contribution is 6.28. The molecule has 0 bridgehead atoms. The van der Waals surface area contributed by atoms with Crippen LogP contribution in [0.2, 0.25) is 5.22 Å². The molecule has 0 atom stereocenters. The third-order valence-electron chi connectivity index (χ3n) is 1.68. The van der Waals surface area contributed by atoms with E-state index in [1.807, 2.05) is 13.8 Å². The largest absolute Gasteiger partial charge is 0.448 e. The molecule has 14 heavy (non-hydrogen) atoms. The first-order valence-corrected chi connectivity index (χ1v) is 4.96. The zero-order valence-electron chi connectivity index (χ0n) is 8.34. The van der Waals surface area contributed by atoms with Gasteiger partial charge in [-0.15, -0.1) is 0 Å². The highest BCUT2D eigenvalue weighted by Gasteiger charge is 2.05. The molecule has 1 heterocycles. The third kappa shape index (κ3) is 3.83. The van der Waals surface area contributed by atoms with E-state index in [1.165, 1.54) is 0 Å². The van der Waals surface area contributed by atoms with Crippen LogP contribution in [0.15, 0.2) is 16.5 Å². The molecule has 1 rings (SSSR count). The average molecular weight is 216 g/mol. The maximum absolute atomic E-state index is 11.2. The van der Waals surface area contributed by atoms with E-state index < -0.39 is 0 Å². The second-order valence-electron chi connectivity index (χ2n) is 3.58. The number of furan rings is 1. The molecule has 1 aromatic heterocycles. The first kappa shape index (κ1) is 11.1. The Morgan fingerprint density at radius 3 is 2.79 bits per heavy atom. The van der Waals surface area contributed by atoms with Crippen LogP contribution in [-0.2, 0) is 11.3 Å². The topological polar surface area (TPSA) is 42.2 Å². The lowest BCUT2D eigenvalue weighted by Gasteiger charge is -2.04. The predicted molar refractivity (Wildman–Crippen MR) is 55.0 cm³/mol. The van der Waals surface area contributed by atoms with Gasteiger partial charge in [-0.05, 0) is 29.7 Å². The molecular formula is C10H14ClNO2. The molecule has 1 N–H and O–H groups in total. The highest BCUT2D eigenvalue weighted by atomic mass is 35.5. The predicted octanol–water partition coefficient (Wildman–Crippen LogP) is 2.60. The molecule has 1 amide bonds. The van der Waals surface area contributed by atoms with Gasteiger partial charge in [0, 0.05) is 6.42 Å². The second kappa shape index (κ2) is 5.05. The fourth-order valence-electron chi connectivity index (χ4n) is 1.08. The summed E-state index contributed by atoms with van der Waals surface area (Å²) in [5.41, 5.74) is 0. The van der Waals surface area contributed by atoms with Crippen molar-refractivity contribution in [2.45, 2.75) is 26.8 Å². The van der Waals surface area contributed by atoms with E-state index >= 15 is 0 Å². The summed E-state index contributed by atoms with van der Waals surface area (Å²) in [6.07, 6.45) is 0.536.